The molecule has 0 saturated carbocycles. The molecule has 2 aromatic carbocycles. The van der Waals surface area contributed by atoms with Crippen molar-refractivity contribution in [1.82, 2.24) is 15.5 Å². The van der Waals surface area contributed by atoms with E-state index >= 15 is 0 Å². The van der Waals surface area contributed by atoms with Gasteiger partial charge in [-0.15, -0.1) is 0 Å². The van der Waals surface area contributed by atoms with E-state index in [0.717, 1.165) is 16.5 Å². The minimum atomic E-state index is -1.27. The van der Waals surface area contributed by atoms with Crippen LogP contribution in [0.1, 0.15) is 29.7 Å². The van der Waals surface area contributed by atoms with Crippen LogP contribution in [0.15, 0.2) is 42.5 Å². The summed E-state index contributed by atoms with van der Waals surface area (Å²) < 4.78 is 13.5. The third-order valence-electron chi connectivity index (χ3n) is 5.03. The average Bonchev–Trinajstić information content (AvgIpc) is 2.92. The number of carbonyl (C=O) groups excluding carboxylic acids is 3. The van der Waals surface area contributed by atoms with Crippen molar-refractivity contribution in [2.45, 2.75) is 25.5 Å². The second-order valence-electron chi connectivity index (χ2n) is 7.31. The Morgan fingerprint density at radius 1 is 1.27 bits per heavy atom. The van der Waals surface area contributed by atoms with Crippen molar-refractivity contribution < 1.29 is 23.9 Å². The molecule has 0 aromatic heterocycles. The number of nitrogens with zero attached hydrogens (tertiary/aromatic N) is 1. The number of carbonyl (C=O) groups is 3. The third kappa shape index (κ3) is 4.29. The number of amides is 4. The molecule has 1 heterocycles. The molecule has 0 bridgehead atoms. The molecule has 0 radical (unpaired) electrons. The number of aliphatic hydroxyl groups excluding tert-OH is 1. The molecule has 158 valence electrons. The number of imide groups is 1. The number of aliphatic hydroxyl groups is 1. The van der Waals surface area contributed by atoms with Gasteiger partial charge in [0.05, 0.1) is 11.1 Å². The van der Waals surface area contributed by atoms with Crippen molar-refractivity contribution in [2.75, 3.05) is 13.1 Å². The second-order valence-corrected chi connectivity index (χ2v) is 7.71. The van der Waals surface area contributed by atoms with E-state index in [4.69, 9.17) is 11.6 Å². The number of nitrogens with one attached hydrogen (secondary N) is 2. The van der Waals surface area contributed by atoms with Crippen LogP contribution in [0.3, 0.4) is 0 Å². The van der Waals surface area contributed by atoms with Gasteiger partial charge in [-0.1, -0.05) is 47.5 Å². The lowest BCUT2D eigenvalue weighted by molar-refractivity contribution is -0.134. The average molecular weight is 434 g/mol. The molecule has 7 nitrogen and oxygen atoms in total. The normalized spacial score (nSPS) is 19.6. The van der Waals surface area contributed by atoms with Gasteiger partial charge >= 0.3 is 6.03 Å². The van der Waals surface area contributed by atoms with Gasteiger partial charge in [0.25, 0.3) is 5.91 Å². The van der Waals surface area contributed by atoms with Crippen molar-refractivity contribution in [3.63, 3.8) is 0 Å². The lowest BCUT2D eigenvalue weighted by Crippen LogP contribution is -2.43. The zero-order valence-electron chi connectivity index (χ0n) is 16.4. The highest BCUT2D eigenvalue weighted by Crippen LogP contribution is 2.29. The van der Waals surface area contributed by atoms with Crippen LogP contribution in [0, 0.1) is 12.7 Å². The summed E-state index contributed by atoms with van der Waals surface area (Å²) in [5.74, 6) is -1.87. The Kier molecular flexibility index (Phi) is 6.09. The molecule has 0 aliphatic carbocycles. The van der Waals surface area contributed by atoms with Crippen molar-refractivity contribution in [3.05, 3.63) is 70.0 Å². The fourth-order valence-electron chi connectivity index (χ4n) is 3.17. The van der Waals surface area contributed by atoms with Gasteiger partial charge in [-0.25, -0.2) is 9.18 Å². The van der Waals surface area contributed by atoms with Crippen LogP contribution in [0.2, 0.25) is 5.02 Å². The first-order chi connectivity index (χ1) is 14.1. The first-order valence-electron chi connectivity index (χ1n) is 9.23. The molecule has 1 saturated heterocycles. The van der Waals surface area contributed by atoms with Crippen LogP contribution in [0.25, 0.3) is 0 Å². The van der Waals surface area contributed by atoms with Crippen molar-refractivity contribution in [3.8, 4) is 0 Å². The fourth-order valence-corrected chi connectivity index (χ4v) is 3.29. The Labute approximate surface area is 177 Å². The van der Waals surface area contributed by atoms with Crippen molar-refractivity contribution in [2.24, 2.45) is 0 Å². The highest BCUT2D eigenvalue weighted by Gasteiger charge is 2.49. The number of rotatable bonds is 6. The lowest BCUT2D eigenvalue weighted by Gasteiger charge is -2.22. The molecule has 1 aliphatic rings. The van der Waals surface area contributed by atoms with Gasteiger partial charge in [0.15, 0.2) is 0 Å². The predicted molar refractivity (Wildman–Crippen MR) is 108 cm³/mol. The molecule has 3 rings (SSSR count). The second kappa shape index (κ2) is 8.41. The van der Waals surface area contributed by atoms with Gasteiger partial charge in [0.2, 0.25) is 5.91 Å². The third-order valence-corrected chi connectivity index (χ3v) is 5.33. The monoisotopic (exact) mass is 433 g/mol. The molecular formula is C21H21ClFN3O4. The standard InChI is InChI=1S/C21H21ClFN3O4/c1-12-3-6-14(7-4-12)21(2)19(29)26(20(30)25-21)11-18(28)24-10-17(27)13-5-8-15(22)16(23)9-13/h3-9,17,27H,10-11H2,1-2H3,(H,24,28)(H,25,30)/t17-,21-/m1/s1. The maximum Gasteiger partial charge on any atom is 0.325 e. The maximum absolute atomic E-state index is 13.5. The van der Waals surface area contributed by atoms with Crippen LogP contribution >= 0.6 is 11.6 Å². The zero-order valence-corrected chi connectivity index (χ0v) is 17.2. The number of urea groups is 1. The van der Waals surface area contributed by atoms with Crippen LogP contribution in [0.5, 0.6) is 0 Å². The van der Waals surface area contributed by atoms with Crippen LogP contribution in [0.4, 0.5) is 9.18 Å². The van der Waals surface area contributed by atoms with E-state index in [1.54, 1.807) is 19.1 Å². The van der Waals surface area contributed by atoms with Gasteiger partial charge in [-0.05, 0) is 37.1 Å². The molecule has 9 heteroatoms. The Morgan fingerprint density at radius 2 is 1.93 bits per heavy atom. The van der Waals surface area contributed by atoms with E-state index in [2.05, 4.69) is 10.6 Å². The van der Waals surface area contributed by atoms with E-state index in [1.807, 2.05) is 19.1 Å². The molecule has 30 heavy (non-hydrogen) atoms. The minimum Gasteiger partial charge on any atom is -0.387 e. The molecule has 2 atom stereocenters. The van der Waals surface area contributed by atoms with Crippen LogP contribution in [-0.4, -0.2) is 40.9 Å². The van der Waals surface area contributed by atoms with E-state index in [-0.39, 0.29) is 17.1 Å². The molecule has 0 unspecified atom stereocenters. The van der Waals surface area contributed by atoms with Gasteiger partial charge in [0.1, 0.15) is 17.9 Å². The largest absolute Gasteiger partial charge is 0.387 e. The van der Waals surface area contributed by atoms with Crippen molar-refractivity contribution in [1.29, 1.82) is 0 Å². The van der Waals surface area contributed by atoms with E-state index < -0.39 is 41.9 Å². The molecule has 1 fully saturated rings. The van der Waals surface area contributed by atoms with Gasteiger partial charge in [-0.3, -0.25) is 14.5 Å². The number of hydrogen-bond acceptors (Lipinski definition) is 4. The molecule has 1 aliphatic heterocycles. The van der Waals surface area contributed by atoms with E-state index in [0.29, 0.717) is 5.56 Å². The molecule has 3 N–H and O–H groups in total. The number of aryl methyl sites for hydroxylation is 1. The molecule has 2 aromatic rings. The maximum atomic E-state index is 13.5. The molecule has 4 amide bonds. The summed E-state index contributed by atoms with van der Waals surface area (Å²) in [5.41, 5.74) is 0.578. The number of benzene rings is 2. The summed E-state index contributed by atoms with van der Waals surface area (Å²) in [6.45, 7) is 2.76. The van der Waals surface area contributed by atoms with E-state index in [9.17, 15) is 23.9 Å². The summed E-state index contributed by atoms with van der Waals surface area (Å²) in [5, 5.41) is 15.1. The number of halogens is 2. The van der Waals surface area contributed by atoms with Crippen molar-refractivity contribution >= 4 is 29.4 Å². The van der Waals surface area contributed by atoms with Crippen LogP contribution in [-0.2, 0) is 15.1 Å². The summed E-state index contributed by atoms with van der Waals surface area (Å²) in [6.07, 6.45) is -1.18. The Bertz CT molecular complexity index is 998. The van der Waals surface area contributed by atoms with Gasteiger partial charge in [-0.2, -0.15) is 0 Å². The smallest absolute Gasteiger partial charge is 0.325 e. The highest BCUT2D eigenvalue weighted by molar-refractivity contribution is 6.30. The highest BCUT2D eigenvalue weighted by atomic mass is 35.5. The first-order valence-corrected chi connectivity index (χ1v) is 9.60. The van der Waals surface area contributed by atoms with Crippen LogP contribution < -0.4 is 10.6 Å². The number of hydrogen-bond donors (Lipinski definition) is 3. The first kappa shape index (κ1) is 21.7. The topological polar surface area (TPSA) is 98.7 Å². The lowest BCUT2D eigenvalue weighted by atomic mass is 9.91. The van der Waals surface area contributed by atoms with Gasteiger partial charge < -0.3 is 15.7 Å². The molecular weight excluding hydrogens is 413 g/mol. The molecule has 0 spiro atoms. The summed E-state index contributed by atoms with van der Waals surface area (Å²) in [7, 11) is 0. The quantitative estimate of drug-likeness (QED) is 0.609. The Balaban J connectivity index is 1.62. The van der Waals surface area contributed by atoms with E-state index in [1.165, 1.54) is 12.1 Å². The predicted octanol–water partition coefficient (Wildman–Crippen LogP) is 2.40. The fraction of sp³-hybridized carbons (Fsp3) is 0.286. The zero-order chi connectivity index (χ0) is 22.1. The summed E-state index contributed by atoms with van der Waals surface area (Å²) in [4.78, 5) is 38.2. The van der Waals surface area contributed by atoms with Gasteiger partial charge in [0, 0.05) is 6.54 Å². The Hall–Kier alpha value is -2.97. The SMILES string of the molecule is Cc1ccc([C@@]2(C)NC(=O)N(CC(=O)NC[C@@H](O)c3ccc(Cl)c(F)c3)C2=O)cc1. The summed E-state index contributed by atoms with van der Waals surface area (Å²) >= 11 is 5.61. The minimum absolute atomic E-state index is 0.0785. The summed E-state index contributed by atoms with van der Waals surface area (Å²) in [6, 6.07) is 10.3. The Morgan fingerprint density at radius 3 is 2.57 bits per heavy atom.